The van der Waals surface area contributed by atoms with E-state index in [9.17, 15) is 18.0 Å². The molecule has 1 aromatic rings. The number of thioether (sulfide) groups is 1. The highest BCUT2D eigenvalue weighted by molar-refractivity contribution is 8.00. The summed E-state index contributed by atoms with van der Waals surface area (Å²) in [5.74, 6) is -0.713. The fourth-order valence-corrected chi connectivity index (χ4v) is 1.68. The molecule has 0 heterocycles. The van der Waals surface area contributed by atoms with Crippen LogP contribution in [0.1, 0.15) is 10.4 Å². The number of nitrogens with one attached hydrogen (secondary N) is 1. The summed E-state index contributed by atoms with van der Waals surface area (Å²) in [4.78, 5) is 15.5. The molecule has 1 aromatic carbocycles. The van der Waals surface area contributed by atoms with E-state index >= 15 is 0 Å². The number of alkyl halides is 3. The number of hydrogen-bond donors (Lipinski definition) is 1. The molecule has 0 atom stereocenters. The van der Waals surface area contributed by atoms with Crippen LogP contribution in [0.3, 0.4) is 0 Å². The van der Waals surface area contributed by atoms with Gasteiger partial charge in [0, 0.05) is 4.90 Å². The van der Waals surface area contributed by atoms with E-state index in [0.717, 1.165) is 0 Å². The third-order valence-corrected chi connectivity index (χ3v) is 2.36. The molecule has 1 rings (SSSR count). The van der Waals surface area contributed by atoms with Gasteiger partial charge < -0.3 is 0 Å². The first-order chi connectivity index (χ1) is 7.44. The standard InChI is InChI=1S/C9H8F3NO2S/c1-15-13-8(14)6-4-2-3-5-7(6)16-9(10,11)12/h2-5H,1H3,(H,13,14). The Kier molecular flexibility index (Phi) is 4.19. The van der Waals surface area contributed by atoms with E-state index in [0.29, 0.717) is 0 Å². The molecule has 0 fully saturated rings. The first-order valence-corrected chi connectivity index (χ1v) is 4.94. The number of benzene rings is 1. The van der Waals surface area contributed by atoms with Crippen LogP contribution < -0.4 is 5.48 Å². The van der Waals surface area contributed by atoms with E-state index in [1.807, 2.05) is 5.48 Å². The molecular weight excluding hydrogens is 243 g/mol. The topological polar surface area (TPSA) is 38.3 Å². The molecule has 1 N–H and O–H groups in total. The highest BCUT2D eigenvalue weighted by Gasteiger charge is 2.31. The van der Waals surface area contributed by atoms with Gasteiger partial charge in [-0.05, 0) is 23.9 Å². The van der Waals surface area contributed by atoms with Crippen LogP contribution in [0.2, 0.25) is 0 Å². The molecule has 1 amide bonds. The van der Waals surface area contributed by atoms with Crippen molar-refractivity contribution in [2.24, 2.45) is 0 Å². The van der Waals surface area contributed by atoms with Crippen molar-refractivity contribution in [3.8, 4) is 0 Å². The van der Waals surface area contributed by atoms with E-state index in [1.54, 1.807) is 0 Å². The maximum Gasteiger partial charge on any atom is 0.446 e. The van der Waals surface area contributed by atoms with Crippen LogP contribution in [0.5, 0.6) is 0 Å². The van der Waals surface area contributed by atoms with E-state index in [1.165, 1.54) is 31.4 Å². The monoisotopic (exact) mass is 251 g/mol. The van der Waals surface area contributed by atoms with Crippen molar-refractivity contribution in [1.82, 2.24) is 5.48 Å². The Labute approximate surface area is 93.9 Å². The first-order valence-electron chi connectivity index (χ1n) is 4.12. The number of halogens is 3. The number of amides is 1. The molecule has 0 radical (unpaired) electrons. The smallest absolute Gasteiger partial charge is 0.277 e. The van der Waals surface area contributed by atoms with Gasteiger partial charge in [-0.15, -0.1) is 0 Å². The summed E-state index contributed by atoms with van der Waals surface area (Å²) >= 11 is -0.335. The zero-order valence-electron chi connectivity index (χ0n) is 8.17. The molecule has 88 valence electrons. The lowest BCUT2D eigenvalue weighted by molar-refractivity contribution is -0.0328. The maximum atomic E-state index is 12.2. The lowest BCUT2D eigenvalue weighted by Crippen LogP contribution is -2.22. The molecule has 0 saturated heterocycles. The summed E-state index contributed by atoms with van der Waals surface area (Å²) in [6.07, 6.45) is 0. The minimum Gasteiger partial charge on any atom is -0.277 e. The molecule has 16 heavy (non-hydrogen) atoms. The Balaban J connectivity index is 2.96. The van der Waals surface area contributed by atoms with Crippen LogP contribution in [0.15, 0.2) is 29.2 Å². The average Bonchev–Trinajstić information content (AvgIpc) is 2.16. The van der Waals surface area contributed by atoms with Gasteiger partial charge in [0.25, 0.3) is 5.91 Å². The molecule has 0 aromatic heterocycles. The predicted octanol–water partition coefficient (Wildman–Crippen LogP) is 2.59. The molecule has 3 nitrogen and oxygen atoms in total. The van der Waals surface area contributed by atoms with Crippen molar-refractivity contribution in [1.29, 1.82) is 0 Å². The Morgan fingerprint density at radius 2 is 2.00 bits per heavy atom. The summed E-state index contributed by atoms with van der Waals surface area (Å²) in [6, 6.07) is 5.42. The van der Waals surface area contributed by atoms with Crippen LogP contribution >= 0.6 is 11.8 Å². The van der Waals surface area contributed by atoms with E-state index in [2.05, 4.69) is 4.84 Å². The SMILES string of the molecule is CONC(=O)c1ccccc1SC(F)(F)F. The first kappa shape index (κ1) is 12.9. The Hall–Kier alpha value is -1.21. The van der Waals surface area contributed by atoms with Gasteiger partial charge in [0.05, 0.1) is 12.7 Å². The molecular formula is C9H8F3NO2S. The minimum absolute atomic E-state index is 0.0772. The highest BCUT2D eigenvalue weighted by Crippen LogP contribution is 2.38. The van der Waals surface area contributed by atoms with Crippen molar-refractivity contribution in [3.05, 3.63) is 29.8 Å². The molecule has 7 heteroatoms. The number of carbonyl (C=O) groups is 1. The average molecular weight is 251 g/mol. The van der Waals surface area contributed by atoms with Gasteiger partial charge in [-0.3, -0.25) is 9.63 Å². The number of hydrogen-bond acceptors (Lipinski definition) is 3. The van der Waals surface area contributed by atoms with Gasteiger partial charge in [-0.1, -0.05) is 12.1 Å². The fourth-order valence-electron chi connectivity index (χ4n) is 1.02. The van der Waals surface area contributed by atoms with Crippen molar-refractivity contribution in [2.45, 2.75) is 10.4 Å². The van der Waals surface area contributed by atoms with Gasteiger partial charge >= 0.3 is 5.51 Å². The Bertz CT molecular complexity index is 381. The van der Waals surface area contributed by atoms with Crippen molar-refractivity contribution < 1.29 is 22.8 Å². The van der Waals surface area contributed by atoms with Crippen LogP contribution in [0, 0.1) is 0 Å². The fraction of sp³-hybridized carbons (Fsp3) is 0.222. The summed E-state index contributed by atoms with van der Waals surface area (Å²) in [6.45, 7) is 0. The lowest BCUT2D eigenvalue weighted by atomic mass is 10.2. The zero-order valence-corrected chi connectivity index (χ0v) is 8.98. The second kappa shape index (κ2) is 5.22. The summed E-state index contributed by atoms with van der Waals surface area (Å²) in [7, 11) is 1.21. The second-order valence-corrected chi connectivity index (χ2v) is 3.79. The van der Waals surface area contributed by atoms with E-state index < -0.39 is 11.4 Å². The van der Waals surface area contributed by atoms with Crippen LogP contribution in [-0.4, -0.2) is 18.5 Å². The largest absolute Gasteiger partial charge is 0.446 e. The molecule has 0 unspecified atom stereocenters. The molecule has 0 saturated carbocycles. The summed E-state index contributed by atoms with van der Waals surface area (Å²) < 4.78 is 36.5. The number of hydroxylamine groups is 1. The summed E-state index contributed by atoms with van der Waals surface area (Å²) in [5.41, 5.74) is -2.54. The summed E-state index contributed by atoms with van der Waals surface area (Å²) in [5, 5.41) is 0. The van der Waals surface area contributed by atoms with Crippen LogP contribution in [0.4, 0.5) is 13.2 Å². The van der Waals surface area contributed by atoms with Gasteiger partial charge in [0.2, 0.25) is 0 Å². The van der Waals surface area contributed by atoms with Gasteiger partial charge in [-0.2, -0.15) is 13.2 Å². The third-order valence-electron chi connectivity index (χ3n) is 1.55. The van der Waals surface area contributed by atoms with Crippen LogP contribution in [-0.2, 0) is 4.84 Å². The van der Waals surface area contributed by atoms with Gasteiger partial charge in [-0.25, -0.2) is 5.48 Å². The van der Waals surface area contributed by atoms with E-state index in [-0.39, 0.29) is 22.2 Å². The quantitative estimate of drug-likeness (QED) is 0.663. The zero-order chi connectivity index (χ0) is 12.2. The molecule has 0 aliphatic rings. The molecule has 0 aliphatic carbocycles. The molecule has 0 spiro atoms. The number of rotatable bonds is 3. The Morgan fingerprint density at radius 1 is 1.38 bits per heavy atom. The Morgan fingerprint density at radius 3 is 2.56 bits per heavy atom. The predicted molar refractivity (Wildman–Crippen MR) is 52.8 cm³/mol. The second-order valence-electron chi connectivity index (χ2n) is 2.68. The van der Waals surface area contributed by atoms with Crippen molar-refractivity contribution in [3.63, 3.8) is 0 Å². The highest BCUT2D eigenvalue weighted by atomic mass is 32.2. The van der Waals surface area contributed by atoms with Crippen molar-refractivity contribution >= 4 is 17.7 Å². The molecule has 0 aliphatic heterocycles. The van der Waals surface area contributed by atoms with Gasteiger partial charge in [0.1, 0.15) is 0 Å². The minimum atomic E-state index is -4.43. The van der Waals surface area contributed by atoms with Gasteiger partial charge in [0.15, 0.2) is 0 Å². The number of carbonyl (C=O) groups excluding carboxylic acids is 1. The maximum absolute atomic E-state index is 12.2. The van der Waals surface area contributed by atoms with Crippen LogP contribution in [0.25, 0.3) is 0 Å². The molecule has 0 bridgehead atoms. The van der Waals surface area contributed by atoms with Crippen molar-refractivity contribution in [2.75, 3.05) is 7.11 Å². The van der Waals surface area contributed by atoms with E-state index in [4.69, 9.17) is 0 Å². The lowest BCUT2D eigenvalue weighted by Gasteiger charge is -2.10. The normalized spacial score (nSPS) is 11.2. The third kappa shape index (κ3) is 3.74.